The average Bonchev–Trinajstić information content (AvgIpc) is 3.22. The van der Waals surface area contributed by atoms with Gasteiger partial charge in [0.1, 0.15) is 5.52 Å². The molecule has 0 amide bonds. The minimum atomic E-state index is -0.894. The third kappa shape index (κ3) is 3.05. The molecule has 0 spiro atoms. The van der Waals surface area contributed by atoms with Crippen LogP contribution in [-0.4, -0.2) is 26.4 Å². The lowest BCUT2D eigenvalue weighted by Crippen LogP contribution is -2.11. The molecule has 1 unspecified atom stereocenters. The van der Waals surface area contributed by atoms with Crippen molar-refractivity contribution in [2.24, 2.45) is 11.8 Å². The van der Waals surface area contributed by atoms with Crippen molar-refractivity contribution in [3.63, 3.8) is 0 Å². The first-order valence-corrected chi connectivity index (χ1v) is 8.04. The van der Waals surface area contributed by atoms with Crippen LogP contribution in [0.15, 0.2) is 23.4 Å². The van der Waals surface area contributed by atoms with E-state index in [2.05, 4.69) is 11.9 Å². The van der Waals surface area contributed by atoms with Crippen LogP contribution in [0.4, 0.5) is 4.39 Å². The van der Waals surface area contributed by atoms with Crippen LogP contribution in [0.25, 0.3) is 11.0 Å². The van der Waals surface area contributed by atoms with Gasteiger partial charge < -0.3 is 9.67 Å². The number of imidazole rings is 1. The first kappa shape index (κ1) is 14.4. The Morgan fingerprint density at radius 3 is 3.00 bits per heavy atom. The second-order valence-corrected chi connectivity index (χ2v) is 6.55. The summed E-state index contributed by atoms with van der Waals surface area (Å²) >= 11 is 1.15. The van der Waals surface area contributed by atoms with Crippen molar-refractivity contribution in [2.45, 2.75) is 31.5 Å². The van der Waals surface area contributed by atoms with Gasteiger partial charge in [-0.05, 0) is 36.8 Å². The SMILES string of the molecule is CC(Cn1c(SCC(=O)O)nc2c(F)cccc21)C1CC1. The van der Waals surface area contributed by atoms with Crippen LogP contribution in [0.1, 0.15) is 19.8 Å². The van der Waals surface area contributed by atoms with E-state index >= 15 is 0 Å². The van der Waals surface area contributed by atoms with Crippen LogP contribution >= 0.6 is 11.8 Å². The molecule has 0 aliphatic heterocycles. The highest BCUT2D eigenvalue weighted by Crippen LogP contribution is 2.38. The Bertz CT molecular complexity index is 682. The fourth-order valence-corrected chi connectivity index (χ4v) is 3.34. The molecule has 21 heavy (non-hydrogen) atoms. The van der Waals surface area contributed by atoms with E-state index in [-0.39, 0.29) is 11.6 Å². The molecule has 1 aliphatic rings. The molecule has 4 nitrogen and oxygen atoms in total. The molecule has 0 radical (unpaired) electrons. The van der Waals surface area contributed by atoms with Crippen LogP contribution in [-0.2, 0) is 11.3 Å². The van der Waals surface area contributed by atoms with Crippen LogP contribution in [0.3, 0.4) is 0 Å². The summed E-state index contributed by atoms with van der Waals surface area (Å²) in [6.07, 6.45) is 2.50. The van der Waals surface area contributed by atoms with Crippen LogP contribution < -0.4 is 0 Å². The van der Waals surface area contributed by atoms with Crippen LogP contribution in [0, 0.1) is 17.7 Å². The number of rotatable bonds is 6. The molecule has 0 saturated heterocycles. The van der Waals surface area contributed by atoms with E-state index in [1.807, 2.05) is 10.6 Å². The van der Waals surface area contributed by atoms with Gasteiger partial charge in [0, 0.05) is 6.54 Å². The second-order valence-electron chi connectivity index (χ2n) is 5.61. The minimum absolute atomic E-state index is 0.0667. The van der Waals surface area contributed by atoms with E-state index in [0.717, 1.165) is 29.7 Å². The Kier molecular flexibility index (Phi) is 3.89. The van der Waals surface area contributed by atoms with E-state index < -0.39 is 5.97 Å². The number of aromatic nitrogens is 2. The summed E-state index contributed by atoms with van der Waals surface area (Å²) in [5.74, 6) is -0.0945. The molecule has 1 fully saturated rings. The highest BCUT2D eigenvalue weighted by molar-refractivity contribution is 7.99. The maximum atomic E-state index is 13.9. The molecule has 6 heteroatoms. The molecule has 1 saturated carbocycles. The lowest BCUT2D eigenvalue weighted by Gasteiger charge is -2.14. The predicted octanol–water partition coefficient (Wildman–Crippen LogP) is 3.40. The Hall–Kier alpha value is -1.56. The first-order chi connectivity index (χ1) is 10.1. The van der Waals surface area contributed by atoms with Gasteiger partial charge in [0.25, 0.3) is 0 Å². The molecule has 1 N–H and O–H groups in total. The molecular formula is C15H17FN2O2S. The summed E-state index contributed by atoms with van der Waals surface area (Å²) < 4.78 is 15.9. The maximum absolute atomic E-state index is 13.9. The number of para-hydroxylation sites is 1. The Labute approximate surface area is 126 Å². The zero-order chi connectivity index (χ0) is 15.0. The number of nitrogens with zero attached hydrogens (tertiary/aromatic N) is 2. The van der Waals surface area contributed by atoms with Crippen LogP contribution in [0.5, 0.6) is 0 Å². The summed E-state index contributed by atoms with van der Waals surface area (Å²) in [4.78, 5) is 15.1. The standard InChI is InChI=1S/C15H17FN2O2S/c1-9(10-5-6-10)7-18-12-4-2-3-11(16)14(12)17-15(18)21-8-13(19)20/h2-4,9-10H,5-8H2,1H3,(H,19,20). The highest BCUT2D eigenvalue weighted by atomic mass is 32.2. The number of carbonyl (C=O) groups is 1. The molecule has 1 aliphatic carbocycles. The molecular weight excluding hydrogens is 291 g/mol. The van der Waals surface area contributed by atoms with Gasteiger partial charge in [0.05, 0.1) is 11.3 Å². The van der Waals surface area contributed by atoms with Gasteiger partial charge in [-0.3, -0.25) is 4.79 Å². The summed E-state index contributed by atoms with van der Waals surface area (Å²) in [7, 11) is 0. The normalized spacial score (nSPS) is 16.3. The molecule has 112 valence electrons. The van der Waals surface area contributed by atoms with Crippen molar-refractivity contribution in [1.29, 1.82) is 0 Å². The van der Waals surface area contributed by atoms with E-state index in [1.54, 1.807) is 6.07 Å². The van der Waals surface area contributed by atoms with Crippen molar-refractivity contribution in [3.8, 4) is 0 Å². The zero-order valence-corrected chi connectivity index (χ0v) is 12.6. The maximum Gasteiger partial charge on any atom is 0.313 e. The van der Waals surface area contributed by atoms with Crippen molar-refractivity contribution in [3.05, 3.63) is 24.0 Å². The third-order valence-corrected chi connectivity index (χ3v) is 4.88. The minimum Gasteiger partial charge on any atom is -0.481 e. The largest absolute Gasteiger partial charge is 0.481 e. The topological polar surface area (TPSA) is 55.1 Å². The first-order valence-electron chi connectivity index (χ1n) is 7.05. The van der Waals surface area contributed by atoms with Gasteiger partial charge in [0.15, 0.2) is 11.0 Å². The van der Waals surface area contributed by atoms with Gasteiger partial charge in [-0.1, -0.05) is 24.8 Å². The average molecular weight is 308 g/mol. The fraction of sp³-hybridized carbons (Fsp3) is 0.467. The molecule has 0 bridgehead atoms. The smallest absolute Gasteiger partial charge is 0.313 e. The fourth-order valence-electron chi connectivity index (χ4n) is 2.61. The number of benzene rings is 1. The van der Waals surface area contributed by atoms with E-state index in [4.69, 9.17) is 5.11 Å². The lowest BCUT2D eigenvalue weighted by molar-refractivity contribution is -0.133. The Morgan fingerprint density at radius 1 is 1.57 bits per heavy atom. The second kappa shape index (κ2) is 5.67. The lowest BCUT2D eigenvalue weighted by atomic mass is 10.1. The number of aliphatic carboxylic acids is 1. The van der Waals surface area contributed by atoms with Crippen LogP contribution in [0.2, 0.25) is 0 Å². The number of hydrogen-bond acceptors (Lipinski definition) is 3. The number of carboxylic acids is 1. The zero-order valence-electron chi connectivity index (χ0n) is 11.8. The summed E-state index contributed by atoms with van der Waals surface area (Å²) in [6, 6.07) is 4.90. The number of hydrogen-bond donors (Lipinski definition) is 1. The number of halogens is 1. The molecule has 2 aromatic rings. The van der Waals surface area contributed by atoms with E-state index in [1.165, 1.54) is 18.9 Å². The predicted molar refractivity (Wildman–Crippen MR) is 79.9 cm³/mol. The van der Waals surface area contributed by atoms with Crippen molar-refractivity contribution < 1.29 is 14.3 Å². The Morgan fingerprint density at radius 2 is 2.33 bits per heavy atom. The number of fused-ring (bicyclic) bond motifs is 1. The van der Waals surface area contributed by atoms with Gasteiger partial charge in [-0.2, -0.15) is 0 Å². The molecule has 3 rings (SSSR count). The molecule has 1 heterocycles. The van der Waals surface area contributed by atoms with Gasteiger partial charge >= 0.3 is 5.97 Å². The summed E-state index contributed by atoms with van der Waals surface area (Å²) in [6.45, 7) is 2.95. The van der Waals surface area contributed by atoms with Crippen molar-refractivity contribution in [2.75, 3.05) is 5.75 Å². The molecule has 1 atom stereocenters. The molecule has 1 aromatic carbocycles. The summed E-state index contributed by atoms with van der Waals surface area (Å²) in [5, 5.41) is 9.43. The molecule has 1 aromatic heterocycles. The van der Waals surface area contributed by atoms with Crippen molar-refractivity contribution in [1.82, 2.24) is 9.55 Å². The van der Waals surface area contributed by atoms with Gasteiger partial charge in [0.2, 0.25) is 0 Å². The van der Waals surface area contributed by atoms with E-state index in [9.17, 15) is 9.18 Å². The van der Waals surface area contributed by atoms with Crippen molar-refractivity contribution >= 4 is 28.8 Å². The number of carboxylic acid groups (broad SMARTS) is 1. The van der Waals surface area contributed by atoms with E-state index in [0.29, 0.717) is 16.6 Å². The highest BCUT2D eigenvalue weighted by Gasteiger charge is 2.29. The quantitative estimate of drug-likeness (QED) is 0.831. The summed E-state index contributed by atoms with van der Waals surface area (Å²) in [5.41, 5.74) is 1.07. The van der Waals surface area contributed by atoms with Gasteiger partial charge in [-0.15, -0.1) is 0 Å². The van der Waals surface area contributed by atoms with Gasteiger partial charge in [-0.25, -0.2) is 9.37 Å². The Balaban J connectivity index is 1.97. The monoisotopic (exact) mass is 308 g/mol. The number of thioether (sulfide) groups is 1. The third-order valence-electron chi connectivity index (χ3n) is 3.92.